The van der Waals surface area contributed by atoms with E-state index in [1.54, 1.807) is 24.3 Å². The second-order valence-electron chi connectivity index (χ2n) is 5.81. The van der Waals surface area contributed by atoms with Crippen molar-refractivity contribution in [3.8, 4) is 11.5 Å². The predicted molar refractivity (Wildman–Crippen MR) is 102 cm³/mol. The van der Waals surface area contributed by atoms with Crippen molar-refractivity contribution in [3.63, 3.8) is 0 Å². The number of esters is 1. The lowest BCUT2D eigenvalue weighted by molar-refractivity contribution is 0.0471. The Kier molecular flexibility index (Phi) is 5.76. The lowest BCUT2D eigenvalue weighted by Crippen LogP contribution is -2.15. The van der Waals surface area contributed by atoms with Crippen molar-refractivity contribution in [2.24, 2.45) is 0 Å². The van der Waals surface area contributed by atoms with Crippen LogP contribution in [0.3, 0.4) is 0 Å². The highest BCUT2D eigenvalue weighted by Crippen LogP contribution is 2.29. The Morgan fingerprint density at radius 1 is 0.963 bits per heavy atom. The van der Waals surface area contributed by atoms with Gasteiger partial charge in [0.15, 0.2) is 11.5 Å². The molecule has 3 aromatic rings. The average molecular weight is 367 g/mol. The first kappa shape index (κ1) is 18.5. The van der Waals surface area contributed by atoms with E-state index in [0.29, 0.717) is 35.8 Å². The van der Waals surface area contributed by atoms with Gasteiger partial charge in [0.05, 0.1) is 24.3 Å². The second kappa shape index (κ2) is 8.40. The van der Waals surface area contributed by atoms with Gasteiger partial charge in [0, 0.05) is 5.52 Å². The third kappa shape index (κ3) is 4.28. The topological polar surface area (TPSA) is 77.6 Å². The van der Waals surface area contributed by atoms with Crippen LogP contribution in [0.25, 0.3) is 10.9 Å². The fourth-order valence-corrected chi connectivity index (χ4v) is 2.70. The largest absolute Gasteiger partial charge is 0.490 e. The van der Waals surface area contributed by atoms with E-state index in [9.17, 15) is 9.59 Å². The molecule has 6 nitrogen and oxygen atoms in total. The molecule has 0 spiro atoms. The van der Waals surface area contributed by atoms with Crippen molar-refractivity contribution in [2.45, 2.75) is 20.5 Å². The number of carbonyl (C=O) groups excluding carboxylic acids is 1. The summed E-state index contributed by atoms with van der Waals surface area (Å²) in [7, 11) is 0. The molecule has 2 aromatic carbocycles. The maximum absolute atomic E-state index is 12.4. The molecular weight excluding hydrogens is 346 g/mol. The zero-order valence-corrected chi connectivity index (χ0v) is 15.3. The van der Waals surface area contributed by atoms with Gasteiger partial charge in [0.2, 0.25) is 0 Å². The number of aromatic nitrogens is 1. The van der Waals surface area contributed by atoms with E-state index < -0.39 is 5.97 Å². The van der Waals surface area contributed by atoms with Crippen molar-refractivity contribution in [2.75, 3.05) is 13.2 Å². The molecule has 140 valence electrons. The predicted octanol–water partition coefficient (Wildman–Crippen LogP) is 3.68. The van der Waals surface area contributed by atoms with Crippen LogP contribution in [-0.4, -0.2) is 24.2 Å². The molecule has 0 bridgehead atoms. The molecule has 0 radical (unpaired) electrons. The third-order valence-electron chi connectivity index (χ3n) is 3.97. The summed E-state index contributed by atoms with van der Waals surface area (Å²) in [6.07, 6.45) is 0. The van der Waals surface area contributed by atoms with E-state index in [4.69, 9.17) is 14.2 Å². The fraction of sp³-hybridized carbons (Fsp3) is 0.238. The van der Waals surface area contributed by atoms with Gasteiger partial charge < -0.3 is 19.2 Å². The molecule has 0 saturated heterocycles. The fourth-order valence-electron chi connectivity index (χ4n) is 2.70. The number of ether oxygens (including phenoxy) is 3. The number of fused-ring (bicyclic) bond motifs is 1. The van der Waals surface area contributed by atoms with Crippen molar-refractivity contribution < 1.29 is 19.0 Å². The number of benzene rings is 2. The van der Waals surface area contributed by atoms with Crippen LogP contribution < -0.4 is 15.0 Å². The SMILES string of the molecule is CCOc1ccc(C(=O)OCc2cc3ccccc3[nH]c2=O)cc1OCC. The highest BCUT2D eigenvalue weighted by atomic mass is 16.5. The molecule has 0 aliphatic carbocycles. The lowest BCUT2D eigenvalue weighted by atomic mass is 10.1. The van der Waals surface area contributed by atoms with E-state index >= 15 is 0 Å². The van der Waals surface area contributed by atoms with Crippen LogP contribution in [0.15, 0.2) is 53.3 Å². The zero-order valence-electron chi connectivity index (χ0n) is 15.3. The first-order chi connectivity index (χ1) is 13.1. The summed E-state index contributed by atoms with van der Waals surface area (Å²) in [5.74, 6) is 0.519. The van der Waals surface area contributed by atoms with E-state index in [0.717, 1.165) is 10.9 Å². The Bertz CT molecular complexity index is 1010. The number of aromatic amines is 1. The minimum Gasteiger partial charge on any atom is -0.490 e. The highest BCUT2D eigenvalue weighted by Gasteiger charge is 2.14. The van der Waals surface area contributed by atoms with Gasteiger partial charge in [-0.05, 0) is 49.6 Å². The molecule has 3 rings (SSSR count). The molecule has 0 aliphatic heterocycles. The molecular formula is C21H21NO5. The van der Waals surface area contributed by atoms with Gasteiger partial charge in [-0.2, -0.15) is 0 Å². The molecule has 27 heavy (non-hydrogen) atoms. The first-order valence-electron chi connectivity index (χ1n) is 8.80. The van der Waals surface area contributed by atoms with Gasteiger partial charge in [-0.1, -0.05) is 18.2 Å². The summed E-state index contributed by atoms with van der Waals surface area (Å²) < 4.78 is 16.3. The number of pyridine rings is 1. The minimum atomic E-state index is -0.536. The Morgan fingerprint density at radius 3 is 2.48 bits per heavy atom. The number of hydrogen-bond donors (Lipinski definition) is 1. The molecule has 0 saturated carbocycles. The summed E-state index contributed by atoms with van der Waals surface area (Å²) in [6.45, 7) is 4.56. The highest BCUT2D eigenvalue weighted by molar-refractivity contribution is 5.90. The first-order valence-corrected chi connectivity index (χ1v) is 8.80. The van der Waals surface area contributed by atoms with Gasteiger partial charge in [-0.3, -0.25) is 4.79 Å². The molecule has 6 heteroatoms. The van der Waals surface area contributed by atoms with Crippen molar-refractivity contribution >= 4 is 16.9 Å². The number of hydrogen-bond acceptors (Lipinski definition) is 5. The summed E-state index contributed by atoms with van der Waals surface area (Å²) >= 11 is 0. The second-order valence-corrected chi connectivity index (χ2v) is 5.81. The summed E-state index contributed by atoms with van der Waals surface area (Å²) in [6, 6.07) is 14.0. The van der Waals surface area contributed by atoms with Crippen molar-refractivity contribution in [1.29, 1.82) is 0 Å². The summed E-state index contributed by atoms with van der Waals surface area (Å²) in [5.41, 5.74) is 1.19. The van der Waals surface area contributed by atoms with Gasteiger partial charge in [-0.15, -0.1) is 0 Å². The Balaban J connectivity index is 1.77. The van der Waals surface area contributed by atoms with Gasteiger partial charge in [0.1, 0.15) is 6.61 Å². The molecule has 0 unspecified atom stereocenters. The number of nitrogens with one attached hydrogen (secondary N) is 1. The molecule has 0 amide bonds. The van der Waals surface area contributed by atoms with E-state index in [-0.39, 0.29) is 12.2 Å². The van der Waals surface area contributed by atoms with Crippen LogP contribution in [0.1, 0.15) is 29.8 Å². The molecule has 0 atom stereocenters. The van der Waals surface area contributed by atoms with E-state index in [1.807, 2.05) is 38.1 Å². The number of rotatable bonds is 7. The Morgan fingerprint density at radius 2 is 1.70 bits per heavy atom. The number of H-pyrrole nitrogens is 1. The van der Waals surface area contributed by atoms with Crippen molar-refractivity contribution in [3.05, 3.63) is 70.0 Å². The molecule has 1 N–H and O–H groups in total. The molecule has 1 aromatic heterocycles. The van der Waals surface area contributed by atoms with E-state index in [1.165, 1.54) is 0 Å². The van der Waals surface area contributed by atoms with Gasteiger partial charge >= 0.3 is 5.97 Å². The normalized spacial score (nSPS) is 10.6. The summed E-state index contributed by atoms with van der Waals surface area (Å²) in [5, 5.41) is 0.878. The van der Waals surface area contributed by atoms with Crippen LogP contribution in [0.2, 0.25) is 0 Å². The number of para-hydroxylation sites is 1. The standard InChI is InChI=1S/C21H21NO5/c1-3-25-18-10-9-15(12-19(18)26-4-2)21(24)27-13-16-11-14-7-5-6-8-17(14)22-20(16)23/h5-12H,3-4,13H2,1-2H3,(H,22,23). The molecule has 1 heterocycles. The zero-order chi connectivity index (χ0) is 19.2. The maximum atomic E-state index is 12.4. The van der Waals surface area contributed by atoms with Crippen LogP contribution in [0, 0.1) is 0 Å². The smallest absolute Gasteiger partial charge is 0.338 e. The Labute approximate surface area is 156 Å². The van der Waals surface area contributed by atoms with Crippen LogP contribution in [0.5, 0.6) is 11.5 Å². The Hall–Kier alpha value is -3.28. The lowest BCUT2D eigenvalue weighted by Gasteiger charge is -2.12. The van der Waals surface area contributed by atoms with Gasteiger partial charge in [0.25, 0.3) is 5.56 Å². The monoisotopic (exact) mass is 367 g/mol. The molecule has 0 aliphatic rings. The quantitative estimate of drug-likeness (QED) is 0.645. The van der Waals surface area contributed by atoms with Crippen LogP contribution in [0.4, 0.5) is 0 Å². The summed E-state index contributed by atoms with van der Waals surface area (Å²) in [4.78, 5) is 27.3. The number of carbonyl (C=O) groups is 1. The van der Waals surface area contributed by atoms with Crippen LogP contribution >= 0.6 is 0 Å². The third-order valence-corrected chi connectivity index (χ3v) is 3.97. The maximum Gasteiger partial charge on any atom is 0.338 e. The van der Waals surface area contributed by atoms with E-state index in [2.05, 4.69) is 4.98 Å². The van der Waals surface area contributed by atoms with Gasteiger partial charge in [-0.25, -0.2) is 4.79 Å². The molecule has 0 fully saturated rings. The van der Waals surface area contributed by atoms with Crippen molar-refractivity contribution in [1.82, 2.24) is 4.98 Å². The minimum absolute atomic E-state index is 0.115. The average Bonchev–Trinajstić information content (AvgIpc) is 2.67. The van der Waals surface area contributed by atoms with Crippen LogP contribution in [-0.2, 0) is 11.3 Å².